The first kappa shape index (κ1) is 16.4. The Labute approximate surface area is 144 Å². The zero-order chi connectivity index (χ0) is 18.0. The molecule has 1 amide bonds. The summed E-state index contributed by atoms with van der Waals surface area (Å²) in [6.45, 7) is 4.12. The van der Waals surface area contributed by atoms with Crippen molar-refractivity contribution in [2.24, 2.45) is 0 Å². The summed E-state index contributed by atoms with van der Waals surface area (Å²) in [7, 11) is 0. The van der Waals surface area contributed by atoms with Crippen LogP contribution < -0.4 is 5.32 Å². The molecular formula is C19H17N3O3. The average Bonchev–Trinajstić information content (AvgIpc) is 2.97. The van der Waals surface area contributed by atoms with Crippen LogP contribution in [0.1, 0.15) is 11.1 Å². The Morgan fingerprint density at radius 1 is 1.08 bits per heavy atom. The van der Waals surface area contributed by atoms with Gasteiger partial charge in [-0.2, -0.15) is 0 Å². The van der Waals surface area contributed by atoms with Crippen molar-refractivity contribution in [3.05, 3.63) is 59.7 Å². The maximum atomic E-state index is 11.6. The van der Waals surface area contributed by atoms with Gasteiger partial charge >= 0.3 is 5.97 Å². The third kappa shape index (κ3) is 3.74. The normalized spacial score (nSPS) is 11.1. The summed E-state index contributed by atoms with van der Waals surface area (Å²) in [5.41, 5.74) is 5.76. The van der Waals surface area contributed by atoms with Crippen LogP contribution in [-0.4, -0.2) is 27.0 Å². The van der Waals surface area contributed by atoms with Gasteiger partial charge in [0.1, 0.15) is 5.82 Å². The summed E-state index contributed by atoms with van der Waals surface area (Å²) < 4.78 is 0. The maximum Gasteiger partial charge on any atom is 0.328 e. The van der Waals surface area contributed by atoms with Gasteiger partial charge in [-0.15, -0.1) is 0 Å². The van der Waals surface area contributed by atoms with Gasteiger partial charge in [0, 0.05) is 23.4 Å². The molecule has 0 bridgehead atoms. The van der Waals surface area contributed by atoms with Gasteiger partial charge in [-0.3, -0.25) is 4.79 Å². The number of imidazole rings is 1. The average molecular weight is 335 g/mol. The highest BCUT2D eigenvalue weighted by atomic mass is 16.4. The number of nitrogens with zero attached hydrogens (tertiary/aromatic N) is 1. The summed E-state index contributed by atoms with van der Waals surface area (Å²) in [5, 5.41) is 11.1. The van der Waals surface area contributed by atoms with E-state index in [2.05, 4.69) is 35.2 Å². The van der Waals surface area contributed by atoms with Crippen LogP contribution in [0.15, 0.2) is 48.6 Å². The zero-order valence-electron chi connectivity index (χ0n) is 13.8. The van der Waals surface area contributed by atoms with E-state index in [1.54, 1.807) is 12.1 Å². The van der Waals surface area contributed by atoms with Crippen molar-refractivity contribution < 1.29 is 14.7 Å². The molecule has 0 radical (unpaired) electrons. The van der Waals surface area contributed by atoms with E-state index in [0.717, 1.165) is 34.6 Å². The lowest BCUT2D eigenvalue weighted by Gasteiger charge is -2.03. The molecule has 0 saturated heterocycles. The first-order valence-electron chi connectivity index (χ1n) is 7.72. The fraction of sp³-hybridized carbons (Fsp3) is 0.105. The summed E-state index contributed by atoms with van der Waals surface area (Å²) in [6, 6.07) is 11.3. The molecule has 0 saturated carbocycles. The van der Waals surface area contributed by atoms with Crippen LogP contribution in [0.25, 0.3) is 22.4 Å². The summed E-state index contributed by atoms with van der Waals surface area (Å²) in [6.07, 6.45) is 1.77. The second-order valence-corrected chi connectivity index (χ2v) is 5.78. The maximum absolute atomic E-state index is 11.6. The SMILES string of the molecule is Cc1cc2nc(-c3ccc(NC(=O)/C=C/C(=O)O)cc3)[nH]c2cc1C. The van der Waals surface area contributed by atoms with Gasteiger partial charge < -0.3 is 15.4 Å². The molecule has 6 heteroatoms. The van der Waals surface area contributed by atoms with Gasteiger partial charge in [-0.25, -0.2) is 9.78 Å². The monoisotopic (exact) mass is 335 g/mol. The number of H-pyrrole nitrogens is 1. The minimum atomic E-state index is -1.17. The molecule has 3 aromatic rings. The van der Waals surface area contributed by atoms with Crippen LogP contribution in [-0.2, 0) is 9.59 Å². The molecular weight excluding hydrogens is 318 g/mol. The second-order valence-electron chi connectivity index (χ2n) is 5.78. The molecule has 3 N–H and O–H groups in total. The Balaban J connectivity index is 1.80. The second kappa shape index (κ2) is 6.60. The number of carbonyl (C=O) groups excluding carboxylic acids is 1. The Morgan fingerprint density at radius 3 is 2.44 bits per heavy atom. The zero-order valence-corrected chi connectivity index (χ0v) is 13.8. The molecule has 0 aliphatic rings. The molecule has 0 atom stereocenters. The summed E-state index contributed by atoms with van der Waals surface area (Å²) in [4.78, 5) is 29.9. The van der Waals surface area contributed by atoms with E-state index in [0.29, 0.717) is 5.69 Å². The number of carboxylic acid groups (broad SMARTS) is 1. The molecule has 25 heavy (non-hydrogen) atoms. The summed E-state index contributed by atoms with van der Waals surface area (Å²) >= 11 is 0. The number of aliphatic carboxylic acids is 1. The van der Waals surface area contributed by atoms with Gasteiger partial charge in [0.2, 0.25) is 5.91 Å². The molecule has 0 spiro atoms. The molecule has 1 aromatic heterocycles. The quantitative estimate of drug-likeness (QED) is 0.637. The van der Waals surface area contributed by atoms with E-state index >= 15 is 0 Å². The number of hydrogen-bond acceptors (Lipinski definition) is 3. The van der Waals surface area contributed by atoms with Gasteiger partial charge in [-0.1, -0.05) is 0 Å². The topological polar surface area (TPSA) is 95.1 Å². The largest absolute Gasteiger partial charge is 0.478 e. The van der Waals surface area contributed by atoms with Crippen molar-refractivity contribution in [1.82, 2.24) is 9.97 Å². The molecule has 126 valence electrons. The van der Waals surface area contributed by atoms with Crippen LogP contribution in [0.3, 0.4) is 0 Å². The van der Waals surface area contributed by atoms with Crippen LogP contribution in [0, 0.1) is 13.8 Å². The number of aromatic nitrogens is 2. The first-order chi connectivity index (χ1) is 11.9. The minimum Gasteiger partial charge on any atom is -0.478 e. The summed E-state index contributed by atoms with van der Waals surface area (Å²) in [5.74, 6) is -0.908. The number of fused-ring (bicyclic) bond motifs is 1. The van der Waals surface area contributed by atoms with Gasteiger partial charge in [0.15, 0.2) is 0 Å². The lowest BCUT2D eigenvalue weighted by Crippen LogP contribution is -2.08. The molecule has 0 aliphatic heterocycles. The molecule has 0 aliphatic carbocycles. The Hall–Kier alpha value is -3.41. The number of nitrogens with one attached hydrogen (secondary N) is 2. The Bertz CT molecular complexity index is 946. The number of amides is 1. The fourth-order valence-corrected chi connectivity index (χ4v) is 2.45. The molecule has 0 unspecified atom stereocenters. The Kier molecular flexibility index (Phi) is 4.35. The molecule has 2 aromatic carbocycles. The van der Waals surface area contributed by atoms with Crippen molar-refractivity contribution in [3.63, 3.8) is 0 Å². The number of hydrogen-bond donors (Lipinski definition) is 3. The van der Waals surface area contributed by atoms with E-state index in [4.69, 9.17) is 5.11 Å². The third-order valence-corrected chi connectivity index (χ3v) is 3.90. The number of aromatic amines is 1. The van der Waals surface area contributed by atoms with Crippen molar-refractivity contribution in [2.45, 2.75) is 13.8 Å². The molecule has 1 heterocycles. The standard InChI is InChI=1S/C19H17N3O3/c1-11-9-15-16(10-12(11)2)22-19(21-15)13-3-5-14(6-4-13)20-17(23)7-8-18(24)25/h3-10H,1-2H3,(H,20,23)(H,21,22)(H,24,25)/b8-7+. The van der Waals surface area contributed by atoms with E-state index in [-0.39, 0.29) is 0 Å². The predicted octanol–water partition coefficient (Wildman–Crippen LogP) is 3.43. The fourth-order valence-electron chi connectivity index (χ4n) is 2.45. The Morgan fingerprint density at radius 2 is 1.76 bits per heavy atom. The number of aryl methyl sites for hydroxylation is 2. The lowest BCUT2D eigenvalue weighted by atomic mass is 10.1. The van der Waals surface area contributed by atoms with Crippen molar-refractivity contribution in [3.8, 4) is 11.4 Å². The molecule has 6 nitrogen and oxygen atoms in total. The van der Waals surface area contributed by atoms with E-state index in [1.807, 2.05) is 18.2 Å². The van der Waals surface area contributed by atoms with Crippen molar-refractivity contribution in [1.29, 1.82) is 0 Å². The number of carbonyl (C=O) groups is 2. The minimum absolute atomic E-state index is 0.496. The van der Waals surface area contributed by atoms with E-state index in [9.17, 15) is 9.59 Å². The predicted molar refractivity (Wildman–Crippen MR) is 96.4 cm³/mol. The molecule has 3 rings (SSSR count). The first-order valence-corrected chi connectivity index (χ1v) is 7.72. The van der Waals surface area contributed by atoms with E-state index in [1.165, 1.54) is 11.1 Å². The van der Waals surface area contributed by atoms with Crippen molar-refractivity contribution in [2.75, 3.05) is 5.32 Å². The van der Waals surface area contributed by atoms with Gasteiger partial charge in [-0.05, 0) is 61.4 Å². The smallest absolute Gasteiger partial charge is 0.328 e. The number of carboxylic acids is 1. The number of rotatable bonds is 4. The van der Waals surface area contributed by atoms with Crippen LogP contribution in [0.5, 0.6) is 0 Å². The van der Waals surface area contributed by atoms with E-state index < -0.39 is 11.9 Å². The van der Waals surface area contributed by atoms with Crippen LogP contribution in [0.2, 0.25) is 0 Å². The van der Waals surface area contributed by atoms with Crippen LogP contribution >= 0.6 is 0 Å². The van der Waals surface area contributed by atoms with Gasteiger partial charge in [0.05, 0.1) is 11.0 Å². The third-order valence-electron chi connectivity index (χ3n) is 3.90. The lowest BCUT2D eigenvalue weighted by molar-refractivity contribution is -0.131. The van der Waals surface area contributed by atoms with Crippen LogP contribution in [0.4, 0.5) is 5.69 Å². The van der Waals surface area contributed by atoms with Crippen molar-refractivity contribution >= 4 is 28.6 Å². The highest BCUT2D eigenvalue weighted by Crippen LogP contribution is 2.24. The highest BCUT2D eigenvalue weighted by Gasteiger charge is 2.07. The highest BCUT2D eigenvalue weighted by molar-refractivity contribution is 6.02. The number of benzene rings is 2. The van der Waals surface area contributed by atoms with Gasteiger partial charge in [0.25, 0.3) is 0 Å². The molecule has 0 fully saturated rings. The number of anilines is 1.